The zero-order chi connectivity index (χ0) is 16.5. The molecule has 0 atom stereocenters. The second-order valence-electron chi connectivity index (χ2n) is 5.28. The van der Waals surface area contributed by atoms with E-state index in [1.54, 1.807) is 4.68 Å². The largest absolute Gasteiger partial charge is 0.494 e. The monoisotopic (exact) mass is 318 g/mol. The van der Waals surface area contributed by atoms with Crippen LogP contribution in [0.3, 0.4) is 0 Å². The first-order valence-electron chi connectivity index (χ1n) is 7.87. The normalized spacial score (nSPS) is 10.7. The molecule has 0 amide bonds. The van der Waals surface area contributed by atoms with Crippen LogP contribution in [-0.2, 0) is 17.8 Å². The van der Waals surface area contributed by atoms with E-state index < -0.39 is 5.97 Å². The van der Waals surface area contributed by atoms with Gasteiger partial charge in [-0.1, -0.05) is 18.6 Å². The molecule has 1 aromatic heterocycles. The molecule has 0 radical (unpaired) electrons. The number of benzene rings is 1. The number of carboxylic acid groups (broad SMARTS) is 1. The molecule has 23 heavy (non-hydrogen) atoms. The molecule has 7 nitrogen and oxygen atoms in total. The van der Waals surface area contributed by atoms with Crippen LogP contribution in [0.2, 0.25) is 0 Å². The summed E-state index contributed by atoms with van der Waals surface area (Å²) in [6.45, 7) is 3.32. The number of tetrazole rings is 1. The number of carboxylic acids is 1. The summed E-state index contributed by atoms with van der Waals surface area (Å²) in [4.78, 5) is 10.5. The number of ether oxygens (including phenoxy) is 1. The van der Waals surface area contributed by atoms with Crippen LogP contribution in [-0.4, -0.2) is 37.9 Å². The molecule has 0 saturated carbocycles. The average molecular weight is 318 g/mol. The number of aliphatic carboxylic acids is 1. The second-order valence-corrected chi connectivity index (χ2v) is 5.28. The van der Waals surface area contributed by atoms with Crippen LogP contribution in [0, 0.1) is 0 Å². The molecule has 1 aromatic carbocycles. The minimum Gasteiger partial charge on any atom is -0.494 e. The number of hydrogen-bond acceptors (Lipinski definition) is 5. The van der Waals surface area contributed by atoms with Crippen LogP contribution in [0.4, 0.5) is 0 Å². The summed E-state index contributed by atoms with van der Waals surface area (Å²) in [5, 5.41) is 20.4. The molecule has 0 saturated heterocycles. The van der Waals surface area contributed by atoms with Crippen molar-refractivity contribution in [1.82, 2.24) is 20.2 Å². The van der Waals surface area contributed by atoms with Gasteiger partial charge in [0.05, 0.1) is 6.61 Å². The predicted octanol–water partition coefficient (Wildman–Crippen LogP) is 2.31. The maximum absolute atomic E-state index is 10.5. The molecule has 1 N–H and O–H groups in total. The van der Waals surface area contributed by atoms with Crippen molar-refractivity contribution in [2.45, 2.75) is 45.6 Å². The highest BCUT2D eigenvalue weighted by Gasteiger charge is 2.07. The fraction of sp³-hybridized carbons (Fsp3) is 0.500. The van der Waals surface area contributed by atoms with Crippen LogP contribution in [0.1, 0.15) is 44.0 Å². The summed E-state index contributed by atoms with van der Waals surface area (Å²) in [7, 11) is 0. The van der Waals surface area contributed by atoms with Crippen molar-refractivity contribution < 1.29 is 14.6 Å². The number of aryl methyl sites for hydroxylation is 1. The second kappa shape index (κ2) is 8.87. The fourth-order valence-corrected chi connectivity index (χ4v) is 2.29. The molecule has 2 aromatic rings. The standard InChI is InChI=1S/C16H22N4O3/c1-2-23-14-9-7-13(8-10-14)12-15-17-18-19-20(15)11-5-3-4-6-16(21)22/h7-10H,2-6,11-12H2,1H3,(H,21,22). The first-order valence-corrected chi connectivity index (χ1v) is 7.87. The Balaban J connectivity index is 1.84. The van der Waals surface area contributed by atoms with Gasteiger partial charge in [-0.25, -0.2) is 4.68 Å². The minimum absolute atomic E-state index is 0.217. The highest BCUT2D eigenvalue weighted by Crippen LogP contribution is 2.14. The van der Waals surface area contributed by atoms with E-state index in [1.165, 1.54) is 0 Å². The third-order valence-electron chi connectivity index (χ3n) is 3.46. The topological polar surface area (TPSA) is 90.1 Å². The Morgan fingerprint density at radius 3 is 2.70 bits per heavy atom. The third kappa shape index (κ3) is 5.69. The Morgan fingerprint density at radius 1 is 1.22 bits per heavy atom. The Labute approximate surface area is 135 Å². The molecule has 7 heteroatoms. The molecule has 0 spiro atoms. The molecule has 0 fully saturated rings. The van der Waals surface area contributed by atoms with Gasteiger partial charge in [-0.05, 0) is 47.9 Å². The molecule has 0 unspecified atom stereocenters. The van der Waals surface area contributed by atoms with Crippen molar-refractivity contribution in [2.75, 3.05) is 6.61 Å². The fourth-order valence-electron chi connectivity index (χ4n) is 2.29. The zero-order valence-corrected chi connectivity index (χ0v) is 13.3. The van der Waals surface area contributed by atoms with Crippen molar-refractivity contribution in [1.29, 1.82) is 0 Å². The van der Waals surface area contributed by atoms with Crippen LogP contribution >= 0.6 is 0 Å². The highest BCUT2D eigenvalue weighted by molar-refractivity contribution is 5.66. The average Bonchev–Trinajstić information content (AvgIpc) is 2.96. The van der Waals surface area contributed by atoms with E-state index in [-0.39, 0.29) is 6.42 Å². The molecule has 0 bridgehead atoms. The van der Waals surface area contributed by atoms with Crippen molar-refractivity contribution in [2.24, 2.45) is 0 Å². The van der Waals surface area contributed by atoms with E-state index >= 15 is 0 Å². The Kier molecular flexibility index (Phi) is 6.53. The smallest absolute Gasteiger partial charge is 0.303 e. The number of carbonyl (C=O) groups is 1. The van der Waals surface area contributed by atoms with E-state index in [1.807, 2.05) is 31.2 Å². The van der Waals surface area contributed by atoms with Crippen LogP contribution < -0.4 is 4.74 Å². The molecule has 0 aliphatic carbocycles. The van der Waals surface area contributed by atoms with E-state index in [2.05, 4.69) is 15.5 Å². The van der Waals surface area contributed by atoms with Gasteiger partial charge < -0.3 is 9.84 Å². The lowest BCUT2D eigenvalue weighted by Crippen LogP contribution is -2.07. The summed E-state index contributed by atoms with van der Waals surface area (Å²) in [5.74, 6) is 0.922. The quantitative estimate of drug-likeness (QED) is 0.676. The van der Waals surface area contributed by atoms with E-state index in [0.717, 1.165) is 30.0 Å². The van der Waals surface area contributed by atoms with Crippen molar-refractivity contribution in [3.63, 3.8) is 0 Å². The van der Waals surface area contributed by atoms with E-state index in [4.69, 9.17) is 9.84 Å². The van der Waals surface area contributed by atoms with Crippen molar-refractivity contribution >= 4 is 5.97 Å². The first-order chi connectivity index (χ1) is 11.2. The molecule has 1 heterocycles. The Morgan fingerprint density at radius 2 is 2.00 bits per heavy atom. The highest BCUT2D eigenvalue weighted by atomic mass is 16.5. The number of aromatic nitrogens is 4. The molecule has 2 rings (SSSR count). The van der Waals surface area contributed by atoms with Gasteiger partial charge in [0.25, 0.3) is 0 Å². The summed E-state index contributed by atoms with van der Waals surface area (Å²) < 4.78 is 7.21. The zero-order valence-electron chi connectivity index (χ0n) is 13.3. The van der Waals surface area contributed by atoms with Gasteiger partial charge in [0.2, 0.25) is 0 Å². The molecule has 124 valence electrons. The maximum atomic E-state index is 10.5. The summed E-state index contributed by atoms with van der Waals surface area (Å²) in [6, 6.07) is 7.91. The minimum atomic E-state index is -0.747. The van der Waals surface area contributed by atoms with Crippen molar-refractivity contribution in [3.05, 3.63) is 35.7 Å². The lowest BCUT2D eigenvalue weighted by molar-refractivity contribution is -0.137. The number of hydrogen-bond donors (Lipinski definition) is 1. The number of rotatable bonds is 10. The van der Waals surface area contributed by atoms with Gasteiger partial charge in [-0.2, -0.15) is 0 Å². The van der Waals surface area contributed by atoms with Crippen LogP contribution in [0.5, 0.6) is 5.75 Å². The van der Waals surface area contributed by atoms with Gasteiger partial charge in [-0.15, -0.1) is 5.10 Å². The van der Waals surface area contributed by atoms with E-state index in [0.29, 0.717) is 26.0 Å². The van der Waals surface area contributed by atoms with Crippen LogP contribution in [0.15, 0.2) is 24.3 Å². The van der Waals surface area contributed by atoms with Gasteiger partial charge in [-0.3, -0.25) is 4.79 Å². The number of unbranched alkanes of at least 4 members (excludes halogenated alkanes) is 2. The Bertz CT molecular complexity index is 610. The van der Waals surface area contributed by atoms with Gasteiger partial charge in [0.1, 0.15) is 5.75 Å². The molecule has 0 aliphatic heterocycles. The summed E-state index contributed by atoms with van der Waals surface area (Å²) in [5.41, 5.74) is 1.12. The third-order valence-corrected chi connectivity index (χ3v) is 3.46. The number of nitrogens with zero attached hydrogens (tertiary/aromatic N) is 4. The van der Waals surface area contributed by atoms with Crippen LogP contribution in [0.25, 0.3) is 0 Å². The lowest BCUT2D eigenvalue weighted by Gasteiger charge is -2.06. The van der Waals surface area contributed by atoms with Gasteiger partial charge >= 0.3 is 5.97 Å². The van der Waals surface area contributed by atoms with Gasteiger partial charge in [0.15, 0.2) is 5.82 Å². The van der Waals surface area contributed by atoms with E-state index in [9.17, 15) is 4.79 Å². The lowest BCUT2D eigenvalue weighted by atomic mass is 10.1. The summed E-state index contributed by atoms with van der Waals surface area (Å²) >= 11 is 0. The molecular weight excluding hydrogens is 296 g/mol. The first kappa shape index (κ1) is 16.9. The Hall–Kier alpha value is -2.44. The predicted molar refractivity (Wildman–Crippen MR) is 84.3 cm³/mol. The summed E-state index contributed by atoms with van der Waals surface area (Å²) in [6.07, 6.45) is 3.29. The molecular formula is C16H22N4O3. The molecule has 0 aliphatic rings. The maximum Gasteiger partial charge on any atom is 0.303 e. The van der Waals surface area contributed by atoms with Gasteiger partial charge in [0, 0.05) is 19.4 Å². The SMILES string of the molecule is CCOc1ccc(Cc2nnnn2CCCCCC(=O)O)cc1. The van der Waals surface area contributed by atoms with Crippen molar-refractivity contribution in [3.8, 4) is 5.75 Å².